The van der Waals surface area contributed by atoms with E-state index in [1.807, 2.05) is 0 Å². The summed E-state index contributed by atoms with van der Waals surface area (Å²) >= 11 is 0. The maximum absolute atomic E-state index is 3.96. The number of rotatable bonds is 2. The number of aromatic nitrogens is 4. The molecule has 0 fully saturated rings. The van der Waals surface area contributed by atoms with Crippen LogP contribution in [-0.2, 0) is 12.8 Å². The van der Waals surface area contributed by atoms with Gasteiger partial charge in [0, 0.05) is 6.42 Å². The number of fused-ring (bicyclic) bond motifs is 1. The van der Waals surface area contributed by atoms with Gasteiger partial charge in [0.2, 0.25) is 0 Å². The van der Waals surface area contributed by atoms with Crippen molar-refractivity contribution in [2.75, 3.05) is 0 Å². The molecule has 1 aliphatic rings. The third-order valence-corrected chi connectivity index (χ3v) is 2.78. The van der Waals surface area contributed by atoms with E-state index >= 15 is 0 Å². The summed E-state index contributed by atoms with van der Waals surface area (Å²) in [5.74, 6) is 1.40. The molecule has 1 aromatic carbocycles. The zero-order valence-corrected chi connectivity index (χ0v) is 7.64. The van der Waals surface area contributed by atoms with Gasteiger partial charge < -0.3 is 0 Å². The molecule has 0 saturated heterocycles. The van der Waals surface area contributed by atoms with Crippen LogP contribution in [0.2, 0.25) is 0 Å². The molecule has 1 unspecified atom stereocenters. The maximum atomic E-state index is 3.96. The number of aromatic amines is 1. The van der Waals surface area contributed by atoms with Gasteiger partial charge in [-0.25, -0.2) is 0 Å². The molecule has 1 aromatic heterocycles. The van der Waals surface area contributed by atoms with Crippen molar-refractivity contribution in [2.45, 2.75) is 18.8 Å². The Labute approximate surface area is 81.4 Å². The number of nitrogens with one attached hydrogen (secondary N) is 1. The van der Waals surface area contributed by atoms with Crippen LogP contribution in [0.3, 0.4) is 0 Å². The van der Waals surface area contributed by atoms with E-state index in [9.17, 15) is 0 Å². The van der Waals surface area contributed by atoms with Crippen molar-refractivity contribution < 1.29 is 0 Å². The van der Waals surface area contributed by atoms with Crippen LogP contribution < -0.4 is 0 Å². The van der Waals surface area contributed by atoms with Crippen LogP contribution in [0.1, 0.15) is 22.9 Å². The third-order valence-electron chi connectivity index (χ3n) is 2.78. The van der Waals surface area contributed by atoms with Crippen LogP contribution >= 0.6 is 0 Å². The average molecular weight is 186 g/mol. The van der Waals surface area contributed by atoms with E-state index in [2.05, 4.69) is 44.9 Å². The van der Waals surface area contributed by atoms with Gasteiger partial charge in [0.05, 0.1) is 0 Å². The summed E-state index contributed by atoms with van der Waals surface area (Å²) in [6.45, 7) is 0. The fourth-order valence-corrected chi connectivity index (χ4v) is 2.03. The van der Waals surface area contributed by atoms with Crippen molar-refractivity contribution in [3.05, 3.63) is 41.2 Å². The largest absolute Gasteiger partial charge is 0.177 e. The molecule has 0 saturated carbocycles. The van der Waals surface area contributed by atoms with Crippen molar-refractivity contribution in [1.82, 2.24) is 20.6 Å². The molecule has 0 spiro atoms. The Morgan fingerprint density at radius 1 is 1.36 bits per heavy atom. The summed E-state index contributed by atoms with van der Waals surface area (Å²) < 4.78 is 0. The maximum Gasteiger partial charge on any atom is 0.175 e. The van der Waals surface area contributed by atoms with Crippen molar-refractivity contribution >= 4 is 0 Å². The van der Waals surface area contributed by atoms with Crippen LogP contribution in [0.5, 0.6) is 0 Å². The number of benzene rings is 1. The standard InChI is InChI=1S/C10H10N4/c1-2-4-9-7(3-1)5-8(9)6-10-11-13-14-12-10/h1-4,8H,5-6H2,(H,11,12,13,14). The van der Waals surface area contributed by atoms with Crippen LogP contribution in [0.25, 0.3) is 0 Å². The number of tetrazole rings is 1. The molecule has 0 bridgehead atoms. The molecule has 4 heteroatoms. The van der Waals surface area contributed by atoms with E-state index in [4.69, 9.17) is 0 Å². The lowest BCUT2D eigenvalue weighted by Crippen LogP contribution is -2.19. The summed E-state index contributed by atoms with van der Waals surface area (Å²) in [4.78, 5) is 0. The van der Waals surface area contributed by atoms with Gasteiger partial charge in [-0.2, -0.15) is 5.21 Å². The summed E-state index contributed by atoms with van der Waals surface area (Å²) in [5, 5.41) is 14.0. The molecule has 0 amide bonds. The van der Waals surface area contributed by atoms with E-state index in [-0.39, 0.29) is 0 Å². The second-order valence-corrected chi connectivity index (χ2v) is 3.63. The predicted molar refractivity (Wildman–Crippen MR) is 50.8 cm³/mol. The SMILES string of the molecule is c1ccc2c(c1)CC2Cc1nn[nH]n1. The monoisotopic (exact) mass is 186 g/mol. The number of H-pyrrole nitrogens is 1. The molecule has 4 nitrogen and oxygen atoms in total. The zero-order valence-electron chi connectivity index (χ0n) is 7.64. The Bertz CT molecular complexity index is 435. The van der Waals surface area contributed by atoms with Gasteiger partial charge >= 0.3 is 0 Å². The van der Waals surface area contributed by atoms with Gasteiger partial charge in [0.1, 0.15) is 0 Å². The van der Waals surface area contributed by atoms with E-state index in [1.165, 1.54) is 11.1 Å². The Kier molecular flexibility index (Phi) is 1.59. The average Bonchev–Trinajstić information content (AvgIpc) is 2.67. The highest BCUT2D eigenvalue weighted by Gasteiger charge is 2.26. The molecule has 1 heterocycles. The highest BCUT2D eigenvalue weighted by atomic mass is 15.5. The van der Waals surface area contributed by atoms with Crippen molar-refractivity contribution in [1.29, 1.82) is 0 Å². The van der Waals surface area contributed by atoms with Gasteiger partial charge in [-0.1, -0.05) is 29.5 Å². The quantitative estimate of drug-likeness (QED) is 0.763. The van der Waals surface area contributed by atoms with Crippen molar-refractivity contribution in [3.63, 3.8) is 0 Å². The highest BCUT2D eigenvalue weighted by molar-refractivity contribution is 5.40. The lowest BCUT2D eigenvalue weighted by atomic mass is 9.76. The number of hydrogen-bond acceptors (Lipinski definition) is 3. The lowest BCUT2D eigenvalue weighted by molar-refractivity contribution is 0.587. The Morgan fingerprint density at radius 2 is 2.29 bits per heavy atom. The van der Waals surface area contributed by atoms with Crippen LogP contribution in [0.15, 0.2) is 24.3 Å². The zero-order chi connectivity index (χ0) is 9.38. The Hall–Kier alpha value is -1.71. The topological polar surface area (TPSA) is 54.5 Å². The van der Waals surface area contributed by atoms with Gasteiger partial charge in [-0.3, -0.25) is 0 Å². The first-order chi connectivity index (χ1) is 6.93. The molecule has 2 aromatic rings. The van der Waals surface area contributed by atoms with Crippen LogP contribution in [0.4, 0.5) is 0 Å². The molecular formula is C10H10N4. The molecule has 1 N–H and O–H groups in total. The smallest absolute Gasteiger partial charge is 0.175 e. The fourth-order valence-electron chi connectivity index (χ4n) is 2.03. The minimum atomic E-state index is 0.587. The first-order valence-electron chi connectivity index (χ1n) is 4.73. The summed E-state index contributed by atoms with van der Waals surface area (Å²) in [5.41, 5.74) is 2.90. The van der Waals surface area contributed by atoms with Gasteiger partial charge in [0.15, 0.2) is 5.82 Å². The molecule has 3 rings (SSSR count). The minimum Gasteiger partial charge on any atom is -0.177 e. The molecule has 70 valence electrons. The summed E-state index contributed by atoms with van der Waals surface area (Å²) in [6, 6.07) is 8.54. The second-order valence-electron chi connectivity index (χ2n) is 3.63. The molecule has 0 radical (unpaired) electrons. The summed E-state index contributed by atoms with van der Waals surface area (Å²) in [6.07, 6.45) is 2.04. The Balaban J connectivity index is 1.80. The number of hydrogen-bond donors (Lipinski definition) is 1. The molecular weight excluding hydrogens is 176 g/mol. The second kappa shape index (κ2) is 2.90. The van der Waals surface area contributed by atoms with Crippen molar-refractivity contribution in [2.24, 2.45) is 0 Å². The molecule has 14 heavy (non-hydrogen) atoms. The van der Waals surface area contributed by atoms with Gasteiger partial charge in [-0.15, -0.1) is 10.2 Å². The first-order valence-corrected chi connectivity index (χ1v) is 4.73. The number of nitrogens with zero attached hydrogens (tertiary/aromatic N) is 3. The van der Waals surface area contributed by atoms with E-state index < -0.39 is 0 Å². The normalized spacial score (nSPS) is 18.7. The van der Waals surface area contributed by atoms with Crippen LogP contribution in [-0.4, -0.2) is 20.6 Å². The van der Waals surface area contributed by atoms with E-state index in [0.29, 0.717) is 5.92 Å². The highest BCUT2D eigenvalue weighted by Crippen LogP contribution is 2.36. The molecule has 1 atom stereocenters. The summed E-state index contributed by atoms with van der Waals surface area (Å²) in [7, 11) is 0. The lowest BCUT2D eigenvalue weighted by Gasteiger charge is -2.28. The minimum absolute atomic E-state index is 0.587. The first kappa shape index (κ1) is 7.67. The van der Waals surface area contributed by atoms with Crippen LogP contribution in [0, 0.1) is 0 Å². The Morgan fingerprint density at radius 3 is 3.07 bits per heavy atom. The molecule has 0 aliphatic heterocycles. The predicted octanol–water partition coefficient (Wildman–Crippen LogP) is 1.08. The van der Waals surface area contributed by atoms with Gasteiger partial charge in [0.25, 0.3) is 0 Å². The van der Waals surface area contributed by atoms with E-state index in [1.54, 1.807) is 0 Å². The van der Waals surface area contributed by atoms with E-state index in [0.717, 1.165) is 18.7 Å². The third kappa shape index (κ3) is 1.11. The van der Waals surface area contributed by atoms with Gasteiger partial charge in [-0.05, 0) is 23.5 Å². The molecule has 1 aliphatic carbocycles. The van der Waals surface area contributed by atoms with Crippen molar-refractivity contribution in [3.8, 4) is 0 Å². The fraction of sp³-hybridized carbons (Fsp3) is 0.300.